The van der Waals surface area contributed by atoms with E-state index in [1.807, 2.05) is 6.92 Å². The molecule has 0 aliphatic heterocycles. The third kappa shape index (κ3) is 3.24. The van der Waals surface area contributed by atoms with E-state index in [4.69, 9.17) is 11.6 Å². The fourth-order valence-electron chi connectivity index (χ4n) is 1.71. The highest BCUT2D eigenvalue weighted by Crippen LogP contribution is 2.24. The Morgan fingerprint density at radius 2 is 2.15 bits per heavy atom. The van der Waals surface area contributed by atoms with Gasteiger partial charge in [0.25, 0.3) is 5.91 Å². The first-order chi connectivity index (χ1) is 9.61. The standard InChI is InChI=1S/C14H13ClFN3O/c1-2-18-13-8-17-6-5-10(13)14(20)19-12-7-9(16)3-4-11(12)15/h3-8,18H,2H2,1H3,(H,19,20). The third-order valence-corrected chi connectivity index (χ3v) is 2.94. The van der Waals surface area contributed by atoms with Crippen LogP contribution in [0.5, 0.6) is 0 Å². The molecular weight excluding hydrogens is 281 g/mol. The molecule has 104 valence electrons. The van der Waals surface area contributed by atoms with E-state index >= 15 is 0 Å². The van der Waals surface area contributed by atoms with Gasteiger partial charge < -0.3 is 10.6 Å². The van der Waals surface area contributed by atoms with E-state index in [0.717, 1.165) is 0 Å². The molecule has 1 heterocycles. The highest BCUT2D eigenvalue weighted by Gasteiger charge is 2.13. The maximum Gasteiger partial charge on any atom is 0.257 e. The Kier molecular flexibility index (Phi) is 4.53. The van der Waals surface area contributed by atoms with E-state index in [-0.39, 0.29) is 16.6 Å². The van der Waals surface area contributed by atoms with Crippen molar-refractivity contribution in [3.63, 3.8) is 0 Å². The first-order valence-electron chi connectivity index (χ1n) is 6.06. The van der Waals surface area contributed by atoms with Crippen molar-refractivity contribution in [2.45, 2.75) is 6.92 Å². The molecule has 2 N–H and O–H groups in total. The number of carbonyl (C=O) groups excluding carboxylic acids is 1. The zero-order valence-corrected chi connectivity index (χ0v) is 11.5. The van der Waals surface area contributed by atoms with Crippen LogP contribution in [0, 0.1) is 5.82 Å². The number of aromatic nitrogens is 1. The summed E-state index contributed by atoms with van der Waals surface area (Å²) in [6.07, 6.45) is 3.08. The van der Waals surface area contributed by atoms with Gasteiger partial charge in [0.15, 0.2) is 0 Å². The minimum absolute atomic E-state index is 0.232. The maximum atomic E-state index is 13.2. The van der Waals surface area contributed by atoms with Gasteiger partial charge in [0.2, 0.25) is 0 Å². The molecule has 1 aromatic heterocycles. The quantitative estimate of drug-likeness (QED) is 0.906. The molecule has 4 nitrogen and oxygen atoms in total. The lowest BCUT2D eigenvalue weighted by Crippen LogP contribution is -2.15. The van der Waals surface area contributed by atoms with Crippen LogP contribution in [0.4, 0.5) is 15.8 Å². The van der Waals surface area contributed by atoms with Gasteiger partial charge in [0.05, 0.1) is 28.2 Å². The summed E-state index contributed by atoms with van der Waals surface area (Å²) in [6, 6.07) is 5.38. The SMILES string of the molecule is CCNc1cnccc1C(=O)Nc1cc(F)ccc1Cl. The normalized spacial score (nSPS) is 10.2. The second-order valence-electron chi connectivity index (χ2n) is 4.03. The van der Waals surface area contributed by atoms with Gasteiger partial charge in [0, 0.05) is 12.7 Å². The Hall–Kier alpha value is -2.14. The number of rotatable bonds is 4. The van der Waals surface area contributed by atoms with Crippen molar-refractivity contribution in [1.82, 2.24) is 4.98 Å². The van der Waals surface area contributed by atoms with Gasteiger partial charge in [0.1, 0.15) is 5.82 Å². The van der Waals surface area contributed by atoms with E-state index in [9.17, 15) is 9.18 Å². The summed E-state index contributed by atoms with van der Waals surface area (Å²) in [5.41, 5.74) is 1.26. The Bertz CT molecular complexity index is 634. The molecule has 0 bridgehead atoms. The van der Waals surface area contributed by atoms with E-state index in [0.29, 0.717) is 17.8 Å². The Labute approximate surface area is 121 Å². The van der Waals surface area contributed by atoms with Gasteiger partial charge in [-0.25, -0.2) is 4.39 Å². The number of amides is 1. The van der Waals surface area contributed by atoms with Crippen LogP contribution in [0.2, 0.25) is 5.02 Å². The zero-order valence-electron chi connectivity index (χ0n) is 10.8. The lowest BCUT2D eigenvalue weighted by atomic mass is 10.2. The molecule has 0 unspecified atom stereocenters. The van der Waals surface area contributed by atoms with Crippen molar-refractivity contribution < 1.29 is 9.18 Å². The van der Waals surface area contributed by atoms with Crippen molar-refractivity contribution in [1.29, 1.82) is 0 Å². The van der Waals surface area contributed by atoms with Crippen LogP contribution in [0.25, 0.3) is 0 Å². The molecule has 1 aromatic carbocycles. The Morgan fingerprint density at radius 1 is 1.35 bits per heavy atom. The van der Waals surface area contributed by atoms with Crippen molar-refractivity contribution in [2.24, 2.45) is 0 Å². The van der Waals surface area contributed by atoms with Crippen molar-refractivity contribution in [3.8, 4) is 0 Å². The second kappa shape index (κ2) is 6.34. The molecule has 0 radical (unpaired) electrons. The molecule has 0 aliphatic rings. The number of carbonyl (C=O) groups is 1. The van der Waals surface area contributed by atoms with Gasteiger partial charge in [-0.3, -0.25) is 9.78 Å². The van der Waals surface area contributed by atoms with Gasteiger partial charge in [-0.15, -0.1) is 0 Å². The van der Waals surface area contributed by atoms with Crippen LogP contribution in [-0.4, -0.2) is 17.4 Å². The van der Waals surface area contributed by atoms with Crippen LogP contribution in [0.1, 0.15) is 17.3 Å². The number of hydrogen-bond donors (Lipinski definition) is 2. The monoisotopic (exact) mass is 293 g/mol. The van der Waals surface area contributed by atoms with Crippen LogP contribution >= 0.6 is 11.6 Å². The average Bonchev–Trinajstić information content (AvgIpc) is 2.44. The van der Waals surface area contributed by atoms with Gasteiger partial charge >= 0.3 is 0 Å². The number of benzene rings is 1. The van der Waals surface area contributed by atoms with Crippen LogP contribution in [0.3, 0.4) is 0 Å². The van der Waals surface area contributed by atoms with E-state index in [1.165, 1.54) is 24.4 Å². The fraction of sp³-hybridized carbons (Fsp3) is 0.143. The van der Waals surface area contributed by atoms with Crippen molar-refractivity contribution in [3.05, 3.63) is 53.1 Å². The highest BCUT2D eigenvalue weighted by molar-refractivity contribution is 6.34. The van der Waals surface area contributed by atoms with Crippen molar-refractivity contribution in [2.75, 3.05) is 17.2 Å². The molecule has 0 saturated heterocycles. The van der Waals surface area contributed by atoms with Crippen LogP contribution < -0.4 is 10.6 Å². The first-order valence-corrected chi connectivity index (χ1v) is 6.44. The summed E-state index contributed by atoms with van der Waals surface area (Å²) < 4.78 is 13.2. The summed E-state index contributed by atoms with van der Waals surface area (Å²) in [7, 11) is 0. The second-order valence-corrected chi connectivity index (χ2v) is 4.44. The van der Waals surface area contributed by atoms with Crippen molar-refractivity contribution >= 4 is 28.9 Å². The minimum Gasteiger partial charge on any atom is -0.383 e. The molecule has 0 saturated carbocycles. The minimum atomic E-state index is -0.466. The first kappa shape index (κ1) is 14.3. The number of nitrogens with zero attached hydrogens (tertiary/aromatic N) is 1. The van der Waals surface area contributed by atoms with Gasteiger partial charge in [-0.2, -0.15) is 0 Å². The zero-order chi connectivity index (χ0) is 14.5. The number of anilines is 2. The predicted molar refractivity (Wildman–Crippen MR) is 77.8 cm³/mol. The van der Waals surface area contributed by atoms with Crippen LogP contribution in [-0.2, 0) is 0 Å². The van der Waals surface area contributed by atoms with E-state index in [2.05, 4.69) is 15.6 Å². The average molecular weight is 294 g/mol. The predicted octanol–water partition coefficient (Wildman–Crippen LogP) is 3.56. The number of pyridine rings is 1. The Balaban J connectivity index is 2.26. The summed E-state index contributed by atoms with van der Waals surface area (Å²) >= 11 is 5.92. The van der Waals surface area contributed by atoms with E-state index in [1.54, 1.807) is 12.3 Å². The van der Waals surface area contributed by atoms with Gasteiger partial charge in [-0.1, -0.05) is 11.6 Å². The number of nitrogens with one attached hydrogen (secondary N) is 2. The molecule has 0 spiro atoms. The highest BCUT2D eigenvalue weighted by atomic mass is 35.5. The number of hydrogen-bond acceptors (Lipinski definition) is 3. The Morgan fingerprint density at radius 3 is 2.90 bits per heavy atom. The van der Waals surface area contributed by atoms with Gasteiger partial charge in [-0.05, 0) is 31.2 Å². The fourth-order valence-corrected chi connectivity index (χ4v) is 1.87. The summed E-state index contributed by atoms with van der Waals surface area (Å²) in [4.78, 5) is 16.2. The largest absolute Gasteiger partial charge is 0.383 e. The lowest BCUT2D eigenvalue weighted by molar-refractivity contribution is 0.102. The maximum absolute atomic E-state index is 13.2. The molecule has 2 rings (SSSR count). The van der Waals surface area contributed by atoms with E-state index < -0.39 is 5.82 Å². The lowest BCUT2D eigenvalue weighted by Gasteiger charge is -2.11. The summed E-state index contributed by atoms with van der Waals surface area (Å²) in [5.74, 6) is -0.845. The molecule has 0 atom stereocenters. The topological polar surface area (TPSA) is 54.0 Å². The molecular formula is C14H13ClFN3O. The molecule has 2 aromatic rings. The molecule has 0 aliphatic carbocycles. The number of halogens is 2. The molecule has 0 fully saturated rings. The summed E-state index contributed by atoms with van der Waals surface area (Å²) in [5, 5.41) is 5.90. The van der Waals surface area contributed by atoms with Crippen LogP contribution in [0.15, 0.2) is 36.7 Å². The molecule has 6 heteroatoms. The molecule has 20 heavy (non-hydrogen) atoms. The molecule has 1 amide bonds. The smallest absolute Gasteiger partial charge is 0.257 e. The summed E-state index contributed by atoms with van der Waals surface area (Å²) in [6.45, 7) is 2.57. The third-order valence-electron chi connectivity index (χ3n) is 2.61.